The standard InChI is InChI=1S/C16H16BrN3S/c1-2-7-18-15-13-6-8-21-16(13)20-14(19-15)10-11-4-3-5-12(17)9-11/h3-6,8-9H,2,7,10H2,1H3,(H,18,19,20). The van der Waals surface area contributed by atoms with E-state index < -0.39 is 0 Å². The van der Waals surface area contributed by atoms with E-state index in [9.17, 15) is 0 Å². The molecule has 0 aliphatic carbocycles. The Morgan fingerprint density at radius 2 is 2.14 bits per heavy atom. The number of hydrogen-bond donors (Lipinski definition) is 1. The minimum absolute atomic E-state index is 0.744. The molecule has 0 unspecified atom stereocenters. The molecule has 2 aromatic heterocycles. The normalized spacial score (nSPS) is 11.0. The molecule has 0 aliphatic heterocycles. The lowest BCUT2D eigenvalue weighted by atomic mass is 10.1. The van der Waals surface area contributed by atoms with Crippen molar-refractivity contribution in [1.82, 2.24) is 9.97 Å². The fraction of sp³-hybridized carbons (Fsp3) is 0.250. The van der Waals surface area contributed by atoms with E-state index in [0.717, 1.165) is 45.7 Å². The fourth-order valence-electron chi connectivity index (χ4n) is 2.19. The van der Waals surface area contributed by atoms with Gasteiger partial charge in [0.1, 0.15) is 16.5 Å². The average Bonchev–Trinajstić information content (AvgIpc) is 2.93. The molecule has 0 amide bonds. The number of anilines is 1. The molecule has 0 atom stereocenters. The van der Waals surface area contributed by atoms with Crippen LogP contribution in [0.15, 0.2) is 40.2 Å². The van der Waals surface area contributed by atoms with Gasteiger partial charge in [0, 0.05) is 17.4 Å². The maximum atomic E-state index is 4.70. The van der Waals surface area contributed by atoms with Crippen molar-refractivity contribution < 1.29 is 0 Å². The first-order valence-electron chi connectivity index (χ1n) is 6.98. The number of thiophene rings is 1. The minimum atomic E-state index is 0.744. The molecular weight excluding hydrogens is 346 g/mol. The lowest BCUT2D eigenvalue weighted by molar-refractivity contribution is 0.947. The van der Waals surface area contributed by atoms with Crippen molar-refractivity contribution in [3.63, 3.8) is 0 Å². The van der Waals surface area contributed by atoms with Crippen LogP contribution in [0.25, 0.3) is 10.2 Å². The molecule has 0 fully saturated rings. The van der Waals surface area contributed by atoms with Crippen LogP contribution in [0.5, 0.6) is 0 Å². The first kappa shape index (κ1) is 14.5. The van der Waals surface area contributed by atoms with Crippen molar-refractivity contribution in [3.8, 4) is 0 Å². The maximum absolute atomic E-state index is 4.70. The third-order valence-electron chi connectivity index (χ3n) is 3.17. The maximum Gasteiger partial charge on any atom is 0.138 e. The smallest absolute Gasteiger partial charge is 0.138 e. The highest BCUT2D eigenvalue weighted by Crippen LogP contribution is 2.26. The van der Waals surface area contributed by atoms with Crippen molar-refractivity contribution in [3.05, 3.63) is 51.6 Å². The van der Waals surface area contributed by atoms with Crippen molar-refractivity contribution in [1.29, 1.82) is 0 Å². The zero-order valence-corrected chi connectivity index (χ0v) is 14.2. The van der Waals surface area contributed by atoms with Gasteiger partial charge in [-0.1, -0.05) is 35.0 Å². The summed E-state index contributed by atoms with van der Waals surface area (Å²) in [5, 5.41) is 6.59. The molecule has 0 spiro atoms. The van der Waals surface area contributed by atoms with Gasteiger partial charge in [-0.05, 0) is 35.6 Å². The molecule has 3 nitrogen and oxygen atoms in total. The zero-order valence-electron chi connectivity index (χ0n) is 11.8. The lowest BCUT2D eigenvalue weighted by Crippen LogP contribution is -2.06. The summed E-state index contributed by atoms with van der Waals surface area (Å²) in [6.45, 7) is 3.08. The number of nitrogens with one attached hydrogen (secondary N) is 1. The van der Waals surface area contributed by atoms with Crippen LogP contribution in [0.1, 0.15) is 24.7 Å². The van der Waals surface area contributed by atoms with Gasteiger partial charge in [-0.2, -0.15) is 0 Å². The number of halogens is 1. The first-order chi connectivity index (χ1) is 10.3. The molecule has 0 saturated carbocycles. The zero-order chi connectivity index (χ0) is 14.7. The van der Waals surface area contributed by atoms with Gasteiger partial charge in [0.2, 0.25) is 0 Å². The Balaban J connectivity index is 1.94. The van der Waals surface area contributed by atoms with Gasteiger partial charge in [-0.15, -0.1) is 11.3 Å². The number of aromatic nitrogens is 2. The van der Waals surface area contributed by atoms with Crippen molar-refractivity contribution >= 4 is 43.3 Å². The molecule has 2 heterocycles. The van der Waals surface area contributed by atoms with E-state index in [1.165, 1.54) is 5.56 Å². The summed E-state index contributed by atoms with van der Waals surface area (Å²) in [6, 6.07) is 10.4. The van der Waals surface area contributed by atoms with Gasteiger partial charge < -0.3 is 5.32 Å². The molecule has 108 valence electrons. The molecule has 1 aromatic carbocycles. The minimum Gasteiger partial charge on any atom is -0.369 e. The van der Waals surface area contributed by atoms with Crippen LogP contribution in [0.3, 0.4) is 0 Å². The van der Waals surface area contributed by atoms with E-state index >= 15 is 0 Å². The summed E-state index contributed by atoms with van der Waals surface area (Å²) in [5.74, 6) is 1.81. The highest BCUT2D eigenvalue weighted by atomic mass is 79.9. The van der Waals surface area contributed by atoms with Crippen molar-refractivity contribution in [2.45, 2.75) is 19.8 Å². The monoisotopic (exact) mass is 361 g/mol. The van der Waals surface area contributed by atoms with Crippen LogP contribution in [-0.4, -0.2) is 16.5 Å². The van der Waals surface area contributed by atoms with Gasteiger partial charge in [-0.3, -0.25) is 0 Å². The number of benzene rings is 1. The van der Waals surface area contributed by atoms with Gasteiger partial charge in [-0.25, -0.2) is 9.97 Å². The number of fused-ring (bicyclic) bond motifs is 1. The van der Waals surface area contributed by atoms with Crippen LogP contribution in [-0.2, 0) is 6.42 Å². The van der Waals surface area contributed by atoms with E-state index in [1.54, 1.807) is 11.3 Å². The number of hydrogen-bond acceptors (Lipinski definition) is 4. The molecule has 0 aliphatic rings. The Hall–Kier alpha value is -1.46. The van der Waals surface area contributed by atoms with E-state index in [-0.39, 0.29) is 0 Å². The van der Waals surface area contributed by atoms with Crippen LogP contribution in [0.2, 0.25) is 0 Å². The third-order valence-corrected chi connectivity index (χ3v) is 4.46. The van der Waals surface area contributed by atoms with Crippen molar-refractivity contribution in [2.75, 3.05) is 11.9 Å². The highest BCUT2D eigenvalue weighted by Gasteiger charge is 2.09. The van der Waals surface area contributed by atoms with E-state index in [2.05, 4.69) is 56.7 Å². The number of nitrogens with zero attached hydrogens (tertiary/aromatic N) is 2. The molecule has 5 heteroatoms. The van der Waals surface area contributed by atoms with Crippen LogP contribution in [0.4, 0.5) is 5.82 Å². The van der Waals surface area contributed by atoms with E-state index in [1.807, 2.05) is 12.1 Å². The molecule has 3 rings (SSSR count). The third kappa shape index (κ3) is 3.41. The van der Waals surface area contributed by atoms with E-state index in [0.29, 0.717) is 0 Å². The summed E-state index contributed by atoms with van der Waals surface area (Å²) in [6.07, 6.45) is 1.82. The Labute approximate surface area is 136 Å². The molecule has 1 N–H and O–H groups in total. The SMILES string of the molecule is CCCNc1nc(Cc2cccc(Br)c2)nc2sccc12. The molecule has 0 bridgehead atoms. The summed E-state index contributed by atoms with van der Waals surface area (Å²) in [5.41, 5.74) is 1.21. The summed E-state index contributed by atoms with van der Waals surface area (Å²) >= 11 is 5.17. The lowest BCUT2D eigenvalue weighted by Gasteiger charge is -2.08. The second kappa shape index (κ2) is 6.54. The van der Waals surface area contributed by atoms with Gasteiger partial charge in [0.15, 0.2) is 0 Å². The Bertz CT molecular complexity index is 754. The van der Waals surface area contributed by atoms with Gasteiger partial charge in [0.05, 0.1) is 5.39 Å². The van der Waals surface area contributed by atoms with E-state index in [4.69, 9.17) is 4.98 Å². The van der Waals surface area contributed by atoms with Crippen LogP contribution >= 0.6 is 27.3 Å². The fourth-order valence-corrected chi connectivity index (χ4v) is 3.42. The molecular formula is C16H16BrN3S. The molecule has 0 saturated heterocycles. The second-order valence-electron chi connectivity index (χ2n) is 4.86. The average molecular weight is 362 g/mol. The topological polar surface area (TPSA) is 37.8 Å². The Morgan fingerprint density at radius 3 is 2.95 bits per heavy atom. The molecule has 3 aromatic rings. The Morgan fingerprint density at radius 1 is 1.24 bits per heavy atom. The number of rotatable bonds is 5. The predicted octanol–water partition coefficient (Wildman–Crippen LogP) is 4.87. The van der Waals surface area contributed by atoms with Crippen LogP contribution < -0.4 is 5.32 Å². The summed E-state index contributed by atoms with van der Waals surface area (Å²) < 4.78 is 1.08. The summed E-state index contributed by atoms with van der Waals surface area (Å²) in [4.78, 5) is 10.4. The highest BCUT2D eigenvalue weighted by molar-refractivity contribution is 9.10. The van der Waals surface area contributed by atoms with Gasteiger partial charge >= 0.3 is 0 Å². The first-order valence-corrected chi connectivity index (χ1v) is 8.66. The molecule has 0 radical (unpaired) electrons. The Kier molecular flexibility index (Phi) is 4.51. The molecule has 21 heavy (non-hydrogen) atoms. The predicted molar refractivity (Wildman–Crippen MR) is 93.1 cm³/mol. The largest absolute Gasteiger partial charge is 0.369 e. The quantitative estimate of drug-likeness (QED) is 0.704. The van der Waals surface area contributed by atoms with Crippen molar-refractivity contribution in [2.24, 2.45) is 0 Å². The summed E-state index contributed by atoms with van der Waals surface area (Å²) in [7, 11) is 0. The van der Waals surface area contributed by atoms with Crippen LogP contribution in [0, 0.1) is 0 Å². The van der Waals surface area contributed by atoms with Gasteiger partial charge in [0.25, 0.3) is 0 Å². The second-order valence-corrected chi connectivity index (χ2v) is 6.67.